The van der Waals surface area contributed by atoms with E-state index in [9.17, 15) is 4.79 Å². The average Bonchev–Trinajstić information content (AvgIpc) is 3.07. The average molecular weight is 287 g/mol. The predicted molar refractivity (Wildman–Crippen MR) is 76.4 cm³/mol. The van der Waals surface area contributed by atoms with Gasteiger partial charge in [-0.1, -0.05) is 12.1 Å². The topological polar surface area (TPSA) is 79.5 Å². The smallest absolute Gasteiger partial charge is 0.335 e. The molecule has 0 aliphatic carbocycles. The van der Waals surface area contributed by atoms with Gasteiger partial charge in [-0.3, -0.25) is 0 Å². The highest BCUT2D eigenvalue weighted by molar-refractivity contribution is 5.88. The van der Waals surface area contributed by atoms with Crippen molar-refractivity contribution in [2.75, 3.05) is 11.4 Å². The lowest BCUT2D eigenvalue weighted by atomic mass is 10.1. The van der Waals surface area contributed by atoms with E-state index >= 15 is 0 Å². The summed E-state index contributed by atoms with van der Waals surface area (Å²) < 4.78 is 5.19. The molecular weight excluding hydrogens is 270 g/mol. The van der Waals surface area contributed by atoms with Crippen LogP contribution in [-0.2, 0) is 19.4 Å². The van der Waals surface area contributed by atoms with E-state index < -0.39 is 5.97 Å². The van der Waals surface area contributed by atoms with Gasteiger partial charge in [-0.25, -0.2) is 4.79 Å². The van der Waals surface area contributed by atoms with Crippen molar-refractivity contribution in [1.29, 1.82) is 0 Å². The minimum Gasteiger partial charge on any atom is -0.478 e. The van der Waals surface area contributed by atoms with Gasteiger partial charge in [-0.15, -0.1) is 0 Å². The quantitative estimate of drug-likeness (QED) is 0.908. The molecule has 0 saturated carbocycles. The second-order valence-corrected chi connectivity index (χ2v) is 5.17. The van der Waals surface area contributed by atoms with Crippen LogP contribution in [-0.4, -0.2) is 27.8 Å². The minimum atomic E-state index is -0.890. The van der Waals surface area contributed by atoms with Crippen LogP contribution in [0.1, 0.15) is 41.0 Å². The van der Waals surface area contributed by atoms with Crippen LogP contribution in [0.2, 0.25) is 0 Å². The van der Waals surface area contributed by atoms with E-state index in [1.807, 2.05) is 6.07 Å². The van der Waals surface area contributed by atoms with Crippen LogP contribution in [0, 0.1) is 0 Å². The first-order chi connectivity index (χ1) is 10.2. The highest BCUT2D eigenvalue weighted by Crippen LogP contribution is 2.29. The third-order valence-electron chi connectivity index (χ3n) is 3.62. The fourth-order valence-electron chi connectivity index (χ4n) is 2.61. The van der Waals surface area contributed by atoms with Crippen molar-refractivity contribution in [1.82, 2.24) is 10.1 Å². The normalized spacial score (nSPS) is 13.5. The molecule has 1 aromatic heterocycles. The Bertz CT molecular complexity index is 666. The summed E-state index contributed by atoms with van der Waals surface area (Å²) in [7, 11) is 0. The number of aryl methyl sites for hydroxylation is 1. The summed E-state index contributed by atoms with van der Waals surface area (Å²) >= 11 is 0. The van der Waals surface area contributed by atoms with E-state index in [1.165, 1.54) is 0 Å². The molecule has 0 saturated heterocycles. The van der Waals surface area contributed by atoms with E-state index in [-0.39, 0.29) is 0 Å². The van der Waals surface area contributed by atoms with Gasteiger partial charge in [0.15, 0.2) is 5.82 Å². The summed E-state index contributed by atoms with van der Waals surface area (Å²) in [4.78, 5) is 17.5. The highest BCUT2D eigenvalue weighted by Gasteiger charge is 2.22. The SMILES string of the molecule is CCCc1nc(CN2CCc3cc(C(=O)O)ccc32)no1. The Morgan fingerprint density at radius 1 is 1.48 bits per heavy atom. The molecule has 1 aliphatic heterocycles. The Kier molecular flexibility index (Phi) is 3.60. The van der Waals surface area contributed by atoms with Crippen LogP contribution in [0.5, 0.6) is 0 Å². The van der Waals surface area contributed by atoms with E-state index in [2.05, 4.69) is 22.0 Å². The third-order valence-corrected chi connectivity index (χ3v) is 3.62. The van der Waals surface area contributed by atoms with E-state index in [0.29, 0.717) is 23.8 Å². The number of nitrogens with zero attached hydrogens (tertiary/aromatic N) is 3. The molecule has 0 amide bonds. The van der Waals surface area contributed by atoms with Crippen LogP contribution in [0.3, 0.4) is 0 Å². The van der Waals surface area contributed by atoms with Crippen LogP contribution in [0.25, 0.3) is 0 Å². The van der Waals surface area contributed by atoms with Crippen molar-refractivity contribution in [2.45, 2.75) is 32.7 Å². The van der Waals surface area contributed by atoms with Gasteiger partial charge in [0.1, 0.15) is 0 Å². The molecular formula is C15H17N3O3. The van der Waals surface area contributed by atoms with E-state index in [0.717, 1.165) is 37.1 Å². The van der Waals surface area contributed by atoms with Gasteiger partial charge in [0, 0.05) is 18.7 Å². The molecule has 6 nitrogen and oxygen atoms in total. The Balaban J connectivity index is 1.76. The molecule has 6 heteroatoms. The molecule has 2 heterocycles. The molecule has 1 N–H and O–H groups in total. The number of hydrogen-bond donors (Lipinski definition) is 1. The van der Waals surface area contributed by atoms with Crippen molar-refractivity contribution in [2.24, 2.45) is 0 Å². The van der Waals surface area contributed by atoms with Crippen molar-refractivity contribution in [3.8, 4) is 0 Å². The number of carbonyl (C=O) groups is 1. The molecule has 1 aromatic carbocycles. The second-order valence-electron chi connectivity index (χ2n) is 5.17. The molecule has 0 fully saturated rings. The van der Waals surface area contributed by atoms with Crippen LogP contribution in [0.15, 0.2) is 22.7 Å². The number of aromatic carboxylic acids is 1. The van der Waals surface area contributed by atoms with Gasteiger partial charge < -0.3 is 14.5 Å². The van der Waals surface area contributed by atoms with Crippen LogP contribution >= 0.6 is 0 Å². The molecule has 0 unspecified atom stereocenters. The lowest BCUT2D eigenvalue weighted by Gasteiger charge is -2.17. The summed E-state index contributed by atoms with van der Waals surface area (Å²) in [5.41, 5.74) is 2.45. The number of hydrogen-bond acceptors (Lipinski definition) is 5. The summed E-state index contributed by atoms with van der Waals surface area (Å²) in [6, 6.07) is 5.24. The molecule has 0 atom stereocenters. The highest BCUT2D eigenvalue weighted by atomic mass is 16.5. The summed E-state index contributed by atoms with van der Waals surface area (Å²) in [5, 5.41) is 13.0. The maximum absolute atomic E-state index is 11.0. The molecule has 3 rings (SSSR count). The molecule has 110 valence electrons. The Morgan fingerprint density at radius 2 is 2.33 bits per heavy atom. The predicted octanol–water partition coefficient (Wildman–Crippen LogP) is 2.28. The number of aromatic nitrogens is 2. The zero-order valence-electron chi connectivity index (χ0n) is 11.9. The van der Waals surface area contributed by atoms with Crippen molar-refractivity contribution in [3.63, 3.8) is 0 Å². The zero-order valence-corrected chi connectivity index (χ0v) is 11.9. The van der Waals surface area contributed by atoms with Gasteiger partial charge in [-0.2, -0.15) is 4.98 Å². The van der Waals surface area contributed by atoms with Crippen molar-refractivity contribution >= 4 is 11.7 Å². The van der Waals surface area contributed by atoms with Gasteiger partial charge >= 0.3 is 5.97 Å². The van der Waals surface area contributed by atoms with E-state index in [1.54, 1.807) is 12.1 Å². The number of benzene rings is 1. The monoisotopic (exact) mass is 287 g/mol. The molecule has 0 radical (unpaired) electrons. The van der Waals surface area contributed by atoms with Crippen molar-refractivity contribution < 1.29 is 14.4 Å². The summed E-state index contributed by atoms with van der Waals surface area (Å²) in [6.45, 7) is 3.50. The van der Waals surface area contributed by atoms with Gasteiger partial charge in [0.25, 0.3) is 0 Å². The van der Waals surface area contributed by atoms with Gasteiger partial charge in [-0.05, 0) is 36.6 Å². The maximum Gasteiger partial charge on any atom is 0.335 e. The Labute approximate surface area is 122 Å². The first kappa shape index (κ1) is 13.6. The molecule has 0 bridgehead atoms. The second kappa shape index (κ2) is 5.55. The Morgan fingerprint density at radius 3 is 3.10 bits per heavy atom. The number of carboxylic acids is 1. The number of fused-ring (bicyclic) bond motifs is 1. The zero-order chi connectivity index (χ0) is 14.8. The standard InChI is InChI=1S/C15H17N3O3/c1-2-3-14-16-13(17-21-14)9-18-7-6-10-8-11(15(19)20)4-5-12(10)18/h4-5,8H,2-3,6-7,9H2,1H3,(H,19,20). The molecule has 0 spiro atoms. The lowest BCUT2D eigenvalue weighted by molar-refractivity contribution is 0.0697. The van der Waals surface area contributed by atoms with Gasteiger partial charge in [0.2, 0.25) is 5.89 Å². The molecule has 21 heavy (non-hydrogen) atoms. The lowest BCUT2D eigenvalue weighted by Crippen LogP contribution is -2.20. The van der Waals surface area contributed by atoms with Crippen LogP contribution < -0.4 is 4.90 Å². The summed E-state index contributed by atoms with van der Waals surface area (Å²) in [5.74, 6) is 0.459. The minimum absolute atomic E-state index is 0.334. The fourth-order valence-corrected chi connectivity index (χ4v) is 2.61. The van der Waals surface area contributed by atoms with Crippen molar-refractivity contribution in [3.05, 3.63) is 41.0 Å². The number of anilines is 1. The summed E-state index contributed by atoms with van der Waals surface area (Å²) in [6.07, 6.45) is 2.62. The van der Waals surface area contributed by atoms with E-state index in [4.69, 9.17) is 9.63 Å². The third kappa shape index (κ3) is 2.74. The largest absolute Gasteiger partial charge is 0.478 e. The first-order valence-electron chi connectivity index (χ1n) is 7.10. The molecule has 1 aliphatic rings. The number of carboxylic acid groups (broad SMARTS) is 1. The molecule has 2 aromatic rings. The number of rotatable bonds is 5. The first-order valence-corrected chi connectivity index (χ1v) is 7.10. The van der Waals surface area contributed by atoms with Gasteiger partial charge in [0.05, 0.1) is 12.1 Å². The van der Waals surface area contributed by atoms with Crippen LogP contribution in [0.4, 0.5) is 5.69 Å². The maximum atomic E-state index is 11.0. The fraction of sp³-hybridized carbons (Fsp3) is 0.400. The Hall–Kier alpha value is -2.37.